The zero-order chi connectivity index (χ0) is 20.5. The summed E-state index contributed by atoms with van der Waals surface area (Å²) in [6.07, 6.45) is -2.87. The summed E-state index contributed by atoms with van der Waals surface area (Å²) in [5.74, 6) is 0.901. The van der Waals surface area contributed by atoms with Gasteiger partial charge in [-0.05, 0) is 44.0 Å². The molecule has 1 saturated heterocycles. The normalized spacial score (nSPS) is 17.5. The van der Waals surface area contributed by atoms with Gasteiger partial charge in [0.05, 0.1) is 11.6 Å². The molecule has 2 heterocycles. The molecule has 152 valence electrons. The number of carbonyl (C=O) groups is 1. The van der Waals surface area contributed by atoms with E-state index in [0.717, 1.165) is 38.1 Å². The van der Waals surface area contributed by atoms with Crippen molar-refractivity contribution in [3.63, 3.8) is 0 Å². The third-order valence-corrected chi connectivity index (χ3v) is 5.29. The summed E-state index contributed by atoms with van der Waals surface area (Å²) in [5.41, 5.74) is -0.501. The fourth-order valence-corrected chi connectivity index (χ4v) is 3.48. The van der Waals surface area contributed by atoms with Crippen LogP contribution >= 0.6 is 0 Å². The summed E-state index contributed by atoms with van der Waals surface area (Å²) < 4.78 is 43.1. The molecule has 0 bridgehead atoms. The number of aryl methyl sites for hydroxylation is 1. The largest absolute Gasteiger partial charge is 0.416 e. The maximum atomic E-state index is 12.7. The second kappa shape index (κ2) is 7.90. The van der Waals surface area contributed by atoms with E-state index in [1.807, 2.05) is 6.92 Å². The Labute approximate surface area is 161 Å². The van der Waals surface area contributed by atoms with Crippen molar-refractivity contribution in [2.75, 3.05) is 20.1 Å². The van der Waals surface area contributed by atoms with Crippen molar-refractivity contribution in [2.45, 2.75) is 44.9 Å². The fourth-order valence-electron chi connectivity index (χ4n) is 3.48. The molecule has 6 nitrogen and oxygen atoms in total. The maximum absolute atomic E-state index is 12.7. The highest BCUT2D eigenvalue weighted by Crippen LogP contribution is 2.30. The van der Waals surface area contributed by atoms with Gasteiger partial charge in [0, 0.05) is 38.7 Å². The Bertz CT molecular complexity index is 811. The molecule has 1 amide bonds. The van der Waals surface area contributed by atoms with Gasteiger partial charge in [0.2, 0.25) is 5.89 Å². The maximum Gasteiger partial charge on any atom is 0.416 e. The van der Waals surface area contributed by atoms with Crippen LogP contribution in [0.15, 0.2) is 28.8 Å². The molecule has 1 fully saturated rings. The molecule has 1 atom stereocenters. The minimum absolute atomic E-state index is 0.0225. The Hall–Kier alpha value is -2.42. The van der Waals surface area contributed by atoms with E-state index < -0.39 is 11.7 Å². The number of halogens is 3. The molecule has 9 heteroatoms. The molecule has 0 N–H and O–H groups in total. The summed E-state index contributed by atoms with van der Waals surface area (Å²) in [5, 5.41) is 3.96. The molecule has 0 aliphatic carbocycles. The van der Waals surface area contributed by atoms with Crippen molar-refractivity contribution >= 4 is 5.91 Å². The van der Waals surface area contributed by atoms with Crippen LogP contribution in [-0.4, -0.2) is 52.0 Å². The first-order valence-electron chi connectivity index (χ1n) is 9.15. The number of likely N-dealkylation sites (tertiary alicyclic amines) is 1. The van der Waals surface area contributed by atoms with E-state index in [2.05, 4.69) is 15.0 Å². The first-order valence-corrected chi connectivity index (χ1v) is 9.15. The molecule has 3 rings (SSSR count). The quantitative estimate of drug-likeness (QED) is 0.789. The van der Waals surface area contributed by atoms with E-state index >= 15 is 0 Å². The van der Waals surface area contributed by atoms with Crippen LogP contribution in [0.1, 0.15) is 53.4 Å². The average Bonchev–Trinajstić information content (AvgIpc) is 3.12. The van der Waals surface area contributed by atoms with Gasteiger partial charge in [-0.25, -0.2) is 0 Å². The predicted molar refractivity (Wildman–Crippen MR) is 95.6 cm³/mol. The topological polar surface area (TPSA) is 62.5 Å². The van der Waals surface area contributed by atoms with Crippen LogP contribution in [-0.2, 0) is 6.18 Å². The summed E-state index contributed by atoms with van der Waals surface area (Å²) in [7, 11) is 1.70. The van der Waals surface area contributed by atoms with E-state index in [9.17, 15) is 18.0 Å². The monoisotopic (exact) mass is 396 g/mol. The summed E-state index contributed by atoms with van der Waals surface area (Å²) in [6.45, 7) is 5.30. The number of rotatable bonds is 4. The zero-order valence-corrected chi connectivity index (χ0v) is 16.0. The van der Waals surface area contributed by atoms with E-state index in [1.165, 1.54) is 12.1 Å². The van der Waals surface area contributed by atoms with Crippen LogP contribution in [0.3, 0.4) is 0 Å². The fraction of sp³-hybridized carbons (Fsp3) is 0.526. The molecule has 28 heavy (non-hydrogen) atoms. The van der Waals surface area contributed by atoms with Crippen molar-refractivity contribution in [3.8, 4) is 0 Å². The predicted octanol–water partition coefficient (Wildman–Crippen LogP) is 3.69. The van der Waals surface area contributed by atoms with E-state index in [1.54, 1.807) is 18.9 Å². The lowest BCUT2D eigenvalue weighted by atomic mass is 10.0. The van der Waals surface area contributed by atoms with Crippen LogP contribution < -0.4 is 0 Å². The number of amides is 1. The Balaban J connectivity index is 1.58. The smallest absolute Gasteiger partial charge is 0.340 e. The average molecular weight is 396 g/mol. The van der Waals surface area contributed by atoms with Crippen molar-refractivity contribution in [1.82, 2.24) is 19.9 Å². The van der Waals surface area contributed by atoms with Gasteiger partial charge >= 0.3 is 6.18 Å². The lowest BCUT2D eigenvalue weighted by Crippen LogP contribution is -2.46. The van der Waals surface area contributed by atoms with Crippen molar-refractivity contribution < 1.29 is 22.5 Å². The molecule has 0 radical (unpaired) electrons. The first kappa shape index (κ1) is 20.3. The van der Waals surface area contributed by atoms with Crippen molar-refractivity contribution in [3.05, 3.63) is 47.1 Å². The summed E-state index contributed by atoms with van der Waals surface area (Å²) in [6, 6.07) is 4.41. The number of benzene rings is 1. The van der Waals surface area contributed by atoms with Gasteiger partial charge in [-0.15, -0.1) is 0 Å². The highest BCUT2D eigenvalue weighted by atomic mass is 19.4. The number of alkyl halides is 3. The second-order valence-electron chi connectivity index (χ2n) is 7.11. The van der Waals surface area contributed by atoms with Crippen LogP contribution in [0.25, 0.3) is 0 Å². The van der Waals surface area contributed by atoms with Gasteiger partial charge in [0.1, 0.15) is 0 Å². The molecule has 2 aromatic rings. The molecule has 1 unspecified atom stereocenters. The molecule has 0 spiro atoms. The first-order chi connectivity index (χ1) is 13.2. The number of aromatic nitrogens is 2. The molecule has 1 aromatic heterocycles. The Kier molecular flexibility index (Phi) is 5.74. The number of carbonyl (C=O) groups excluding carboxylic acids is 1. The lowest BCUT2D eigenvalue weighted by molar-refractivity contribution is -0.137. The van der Waals surface area contributed by atoms with Gasteiger partial charge in [-0.2, -0.15) is 18.2 Å². The standard InChI is InChI=1S/C19H23F3N4O2/c1-12(17-23-13(2)28-24-17)26-10-8-16(9-11-26)25(3)18(27)14-4-6-15(7-5-14)19(20,21)22/h4-7,12,16H,8-11H2,1-3H3. The minimum Gasteiger partial charge on any atom is -0.340 e. The minimum atomic E-state index is -4.41. The Morgan fingerprint density at radius 3 is 2.36 bits per heavy atom. The molecule has 0 saturated carbocycles. The number of hydrogen-bond donors (Lipinski definition) is 0. The van der Waals surface area contributed by atoms with E-state index in [0.29, 0.717) is 11.7 Å². The Morgan fingerprint density at radius 1 is 1.25 bits per heavy atom. The Morgan fingerprint density at radius 2 is 1.86 bits per heavy atom. The second-order valence-corrected chi connectivity index (χ2v) is 7.11. The van der Waals surface area contributed by atoms with Gasteiger partial charge < -0.3 is 9.42 Å². The van der Waals surface area contributed by atoms with Gasteiger partial charge in [0.15, 0.2) is 5.82 Å². The highest BCUT2D eigenvalue weighted by Gasteiger charge is 2.32. The van der Waals surface area contributed by atoms with Crippen molar-refractivity contribution in [1.29, 1.82) is 0 Å². The third-order valence-electron chi connectivity index (χ3n) is 5.29. The summed E-state index contributed by atoms with van der Waals surface area (Å²) in [4.78, 5) is 20.8. The highest BCUT2D eigenvalue weighted by molar-refractivity contribution is 5.94. The molecule has 1 aliphatic rings. The lowest BCUT2D eigenvalue weighted by Gasteiger charge is -2.38. The SMILES string of the molecule is Cc1nc(C(C)N2CCC(N(C)C(=O)c3ccc(C(F)(F)F)cc3)CC2)no1. The molecule has 1 aromatic carbocycles. The van der Waals surface area contributed by atoms with Gasteiger partial charge in [-0.1, -0.05) is 5.16 Å². The molecular weight excluding hydrogens is 373 g/mol. The van der Waals surface area contributed by atoms with E-state index in [-0.39, 0.29) is 23.6 Å². The number of piperidine rings is 1. The van der Waals surface area contributed by atoms with Crippen LogP contribution in [0.2, 0.25) is 0 Å². The van der Waals surface area contributed by atoms with Gasteiger partial charge in [0.25, 0.3) is 5.91 Å². The van der Waals surface area contributed by atoms with Crippen molar-refractivity contribution in [2.24, 2.45) is 0 Å². The van der Waals surface area contributed by atoms with Crippen LogP contribution in [0.4, 0.5) is 13.2 Å². The number of hydrogen-bond acceptors (Lipinski definition) is 5. The number of nitrogens with zero attached hydrogens (tertiary/aromatic N) is 4. The van der Waals surface area contributed by atoms with Gasteiger partial charge in [-0.3, -0.25) is 9.69 Å². The third kappa shape index (κ3) is 4.35. The van der Waals surface area contributed by atoms with Crippen LogP contribution in [0, 0.1) is 6.92 Å². The molecular formula is C19H23F3N4O2. The zero-order valence-electron chi connectivity index (χ0n) is 16.0. The molecule has 1 aliphatic heterocycles. The van der Waals surface area contributed by atoms with Crippen LogP contribution in [0.5, 0.6) is 0 Å². The van der Waals surface area contributed by atoms with E-state index in [4.69, 9.17) is 4.52 Å². The summed E-state index contributed by atoms with van der Waals surface area (Å²) >= 11 is 0.